The van der Waals surface area contributed by atoms with E-state index in [0.29, 0.717) is 36.9 Å². The van der Waals surface area contributed by atoms with E-state index in [1.165, 1.54) is 12.7 Å². The Morgan fingerprint density at radius 1 is 1.13 bits per heavy atom. The average Bonchev–Trinajstić information content (AvgIpc) is 2.77. The number of hydrogen-bond donors (Lipinski definition) is 3. The lowest BCUT2D eigenvalue weighted by Crippen LogP contribution is -2.45. The SMILES string of the molecule is COc1cc(NC(=O)C(=O)NCC(c2ccc(C)cc2)N2CCOCC2)ccc1N. The van der Waals surface area contributed by atoms with E-state index in [2.05, 4.69) is 27.7 Å². The number of benzene rings is 2. The number of nitrogens with zero attached hydrogens (tertiary/aromatic N) is 1. The molecule has 0 aromatic heterocycles. The minimum atomic E-state index is -0.744. The maximum atomic E-state index is 12.4. The highest BCUT2D eigenvalue weighted by atomic mass is 16.5. The predicted molar refractivity (Wildman–Crippen MR) is 115 cm³/mol. The van der Waals surface area contributed by atoms with Crippen LogP contribution in [0.3, 0.4) is 0 Å². The summed E-state index contributed by atoms with van der Waals surface area (Å²) < 4.78 is 10.6. The first-order valence-corrected chi connectivity index (χ1v) is 9.89. The number of morpholine rings is 1. The highest BCUT2D eigenvalue weighted by molar-refractivity contribution is 6.39. The molecular weight excluding hydrogens is 384 g/mol. The van der Waals surface area contributed by atoms with E-state index in [-0.39, 0.29) is 6.04 Å². The van der Waals surface area contributed by atoms with Gasteiger partial charge in [0, 0.05) is 31.4 Å². The molecule has 0 bridgehead atoms. The summed E-state index contributed by atoms with van der Waals surface area (Å²) in [5.41, 5.74) is 8.92. The van der Waals surface area contributed by atoms with Crippen LogP contribution in [-0.4, -0.2) is 56.7 Å². The van der Waals surface area contributed by atoms with Crippen molar-refractivity contribution in [2.45, 2.75) is 13.0 Å². The molecule has 1 aliphatic rings. The van der Waals surface area contributed by atoms with Crippen LogP contribution in [0.2, 0.25) is 0 Å². The molecule has 2 aromatic rings. The monoisotopic (exact) mass is 412 g/mol. The van der Waals surface area contributed by atoms with Crippen LogP contribution in [0, 0.1) is 6.92 Å². The molecular formula is C22H28N4O4. The zero-order chi connectivity index (χ0) is 21.5. The number of anilines is 2. The Morgan fingerprint density at radius 2 is 1.83 bits per heavy atom. The van der Waals surface area contributed by atoms with Gasteiger partial charge in [-0.3, -0.25) is 14.5 Å². The summed E-state index contributed by atoms with van der Waals surface area (Å²) in [6.45, 7) is 5.19. The van der Waals surface area contributed by atoms with Crippen molar-refractivity contribution < 1.29 is 19.1 Å². The number of nitrogens with one attached hydrogen (secondary N) is 2. The number of amides is 2. The van der Waals surface area contributed by atoms with Gasteiger partial charge in [0.15, 0.2) is 0 Å². The molecule has 4 N–H and O–H groups in total. The normalized spacial score (nSPS) is 15.3. The molecule has 2 aromatic carbocycles. The van der Waals surface area contributed by atoms with E-state index in [9.17, 15) is 9.59 Å². The number of carbonyl (C=O) groups is 2. The number of hydrogen-bond acceptors (Lipinski definition) is 6. The zero-order valence-electron chi connectivity index (χ0n) is 17.3. The van der Waals surface area contributed by atoms with Crippen LogP contribution in [0.5, 0.6) is 5.75 Å². The van der Waals surface area contributed by atoms with E-state index in [1.54, 1.807) is 18.2 Å². The van der Waals surface area contributed by atoms with Gasteiger partial charge in [0.25, 0.3) is 0 Å². The average molecular weight is 412 g/mol. The second kappa shape index (κ2) is 10.1. The lowest BCUT2D eigenvalue weighted by Gasteiger charge is -2.35. The smallest absolute Gasteiger partial charge is 0.313 e. The Morgan fingerprint density at radius 3 is 2.50 bits per heavy atom. The van der Waals surface area contributed by atoms with Gasteiger partial charge in [-0.2, -0.15) is 0 Å². The van der Waals surface area contributed by atoms with Gasteiger partial charge in [-0.1, -0.05) is 29.8 Å². The maximum absolute atomic E-state index is 12.4. The summed E-state index contributed by atoms with van der Waals surface area (Å²) in [6.07, 6.45) is 0. The highest BCUT2D eigenvalue weighted by Crippen LogP contribution is 2.25. The van der Waals surface area contributed by atoms with Gasteiger partial charge in [0.1, 0.15) is 5.75 Å². The topological polar surface area (TPSA) is 106 Å². The summed E-state index contributed by atoms with van der Waals surface area (Å²) in [7, 11) is 1.49. The number of aryl methyl sites for hydroxylation is 1. The van der Waals surface area contributed by atoms with Crippen LogP contribution in [0.1, 0.15) is 17.2 Å². The van der Waals surface area contributed by atoms with Crippen LogP contribution in [0.25, 0.3) is 0 Å². The molecule has 3 rings (SSSR count). The number of carbonyl (C=O) groups excluding carboxylic acids is 2. The van der Waals surface area contributed by atoms with Gasteiger partial charge < -0.3 is 25.8 Å². The van der Waals surface area contributed by atoms with E-state index in [4.69, 9.17) is 15.2 Å². The van der Waals surface area contributed by atoms with Gasteiger partial charge in [0.2, 0.25) is 0 Å². The molecule has 1 heterocycles. The third-order valence-electron chi connectivity index (χ3n) is 5.10. The minimum Gasteiger partial charge on any atom is -0.495 e. The fourth-order valence-electron chi connectivity index (χ4n) is 3.38. The number of methoxy groups -OCH3 is 1. The Hall–Kier alpha value is -3.10. The van der Waals surface area contributed by atoms with Crippen molar-refractivity contribution in [1.82, 2.24) is 10.2 Å². The van der Waals surface area contributed by atoms with Crippen LogP contribution in [-0.2, 0) is 14.3 Å². The summed E-state index contributed by atoms with van der Waals surface area (Å²) in [6, 6.07) is 13.0. The van der Waals surface area contributed by atoms with Crippen LogP contribution < -0.4 is 21.1 Å². The van der Waals surface area contributed by atoms with Gasteiger partial charge in [-0.15, -0.1) is 0 Å². The Balaban J connectivity index is 1.64. The van der Waals surface area contributed by atoms with Crippen molar-refractivity contribution in [2.24, 2.45) is 0 Å². The zero-order valence-corrected chi connectivity index (χ0v) is 17.3. The molecule has 8 nitrogen and oxygen atoms in total. The molecule has 1 aliphatic heterocycles. The lowest BCUT2D eigenvalue weighted by atomic mass is 10.0. The van der Waals surface area contributed by atoms with Crippen molar-refractivity contribution in [3.63, 3.8) is 0 Å². The van der Waals surface area contributed by atoms with Crippen LogP contribution in [0.4, 0.5) is 11.4 Å². The van der Waals surface area contributed by atoms with E-state index >= 15 is 0 Å². The molecule has 1 saturated heterocycles. The summed E-state index contributed by atoms with van der Waals surface area (Å²) in [4.78, 5) is 27.0. The molecule has 1 unspecified atom stereocenters. The Bertz CT molecular complexity index is 879. The minimum absolute atomic E-state index is 0.0390. The number of ether oxygens (including phenoxy) is 2. The second-order valence-corrected chi connectivity index (χ2v) is 7.20. The quantitative estimate of drug-likeness (QED) is 0.493. The van der Waals surface area contributed by atoms with Crippen LogP contribution >= 0.6 is 0 Å². The van der Waals surface area contributed by atoms with Gasteiger partial charge in [0.05, 0.1) is 32.1 Å². The largest absolute Gasteiger partial charge is 0.495 e. The third kappa shape index (κ3) is 5.49. The molecule has 0 spiro atoms. The summed E-state index contributed by atoms with van der Waals surface area (Å²) >= 11 is 0. The molecule has 0 saturated carbocycles. The number of nitrogens with two attached hydrogens (primary N) is 1. The Labute approximate surface area is 176 Å². The molecule has 0 aliphatic carbocycles. The van der Waals surface area contributed by atoms with Crippen molar-refractivity contribution >= 4 is 23.2 Å². The first-order valence-electron chi connectivity index (χ1n) is 9.89. The molecule has 2 amide bonds. The molecule has 0 radical (unpaired) electrons. The van der Waals surface area contributed by atoms with E-state index in [1.807, 2.05) is 19.1 Å². The third-order valence-corrected chi connectivity index (χ3v) is 5.10. The van der Waals surface area contributed by atoms with Gasteiger partial charge in [-0.25, -0.2) is 0 Å². The van der Waals surface area contributed by atoms with Gasteiger partial charge in [-0.05, 0) is 24.6 Å². The fourth-order valence-corrected chi connectivity index (χ4v) is 3.38. The van der Waals surface area contributed by atoms with E-state index < -0.39 is 11.8 Å². The lowest BCUT2D eigenvalue weighted by molar-refractivity contribution is -0.136. The van der Waals surface area contributed by atoms with Crippen LogP contribution in [0.15, 0.2) is 42.5 Å². The van der Waals surface area contributed by atoms with Crippen molar-refractivity contribution in [2.75, 3.05) is 51.0 Å². The first-order chi connectivity index (χ1) is 14.5. The standard InChI is InChI=1S/C22H28N4O4/c1-15-3-5-16(6-4-15)19(26-9-11-30-12-10-26)14-24-21(27)22(28)25-17-7-8-18(23)20(13-17)29-2/h3-8,13,19H,9-12,14,23H2,1-2H3,(H,24,27)(H,25,28). The number of rotatable bonds is 6. The summed E-state index contributed by atoms with van der Waals surface area (Å²) in [5, 5.41) is 5.34. The fraction of sp³-hybridized carbons (Fsp3) is 0.364. The molecule has 1 atom stereocenters. The van der Waals surface area contributed by atoms with Crippen molar-refractivity contribution in [3.05, 3.63) is 53.6 Å². The Kier molecular flexibility index (Phi) is 7.26. The predicted octanol–water partition coefficient (Wildman–Crippen LogP) is 1.71. The molecule has 1 fully saturated rings. The molecule has 160 valence electrons. The maximum Gasteiger partial charge on any atom is 0.313 e. The van der Waals surface area contributed by atoms with Crippen molar-refractivity contribution in [1.29, 1.82) is 0 Å². The summed E-state index contributed by atoms with van der Waals surface area (Å²) in [5.74, 6) is -1.01. The van der Waals surface area contributed by atoms with Gasteiger partial charge >= 0.3 is 11.8 Å². The first kappa shape index (κ1) is 21.6. The van der Waals surface area contributed by atoms with E-state index in [0.717, 1.165) is 18.7 Å². The molecule has 30 heavy (non-hydrogen) atoms. The second-order valence-electron chi connectivity index (χ2n) is 7.20. The molecule has 8 heteroatoms. The number of nitrogen functional groups attached to an aromatic ring is 1. The van der Waals surface area contributed by atoms with Crippen molar-refractivity contribution in [3.8, 4) is 5.75 Å². The highest BCUT2D eigenvalue weighted by Gasteiger charge is 2.24.